The first kappa shape index (κ1) is 11.1. The second-order valence-electron chi connectivity index (χ2n) is 3.47. The maximum absolute atomic E-state index is 13.5. The molecule has 0 amide bonds. The van der Waals surface area contributed by atoms with Crippen molar-refractivity contribution in [2.45, 2.75) is 6.54 Å². The van der Waals surface area contributed by atoms with Crippen LogP contribution in [-0.4, -0.2) is 9.91 Å². The summed E-state index contributed by atoms with van der Waals surface area (Å²) in [6.07, 6.45) is 1.77. The summed E-state index contributed by atoms with van der Waals surface area (Å²) in [7, 11) is 0. The number of halogens is 1. The van der Waals surface area contributed by atoms with Crippen LogP contribution in [0.25, 0.3) is 0 Å². The van der Waals surface area contributed by atoms with E-state index in [9.17, 15) is 14.5 Å². The number of aromatic nitrogens is 1. The van der Waals surface area contributed by atoms with E-state index in [1.807, 2.05) is 12.1 Å². The number of hydrogen-bond acceptors (Lipinski definition) is 3. The number of hydrogen-bond donors (Lipinski definition) is 2. The minimum atomic E-state index is -0.634. The summed E-state index contributed by atoms with van der Waals surface area (Å²) in [6, 6.07) is 7.22. The molecular formula is C11H10FN3O2. The first-order chi connectivity index (χ1) is 8.16. The zero-order valence-corrected chi connectivity index (χ0v) is 8.81. The number of nitrogens with zero attached hydrogens (tertiary/aromatic N) is 1. The van der Waals surface area contributed by atoms with E-state index in [2.05, 4.69) is 10.3 Å². The summed E-state index contributed by atoms with van der Waals surface area (Å²) >= 11 is 0. The predicted octanol–water partition coefficient (Wildman–Crippen LogP) is 2.67. The quantitative estimate of drug-likeness (QED) is 0.632. The minimum Gasteiger partial charge on any atom is -0.377 e. The Morgan fingerprint density at radius 1 is 1.41 bits per heavy atom. The zero-order valence-electron chi connectivity index (χ0n) is 8.81. The van der Waals surface area contributed by atoms with Crippen molar-refractivity contribution in [3.8, 4) is 0 Å². The molecule has 0 bridgehead atoms. The van der Waals surface area contributed by atoms with Crippen LogP contribution >= 0.6 is 0 Å². The van der Waals surface area contributed by atoms with Crippen molar-refractivity contribution >= 4 is 11.4 Å². The van der Waals surface area contributed by atoms with Gasteiger partial charge in [0.15, 0.2) is 5.82 Å². The molecular weight excluding hydrogens is 225 g/mol. The first-order valence-corrected chi connectivity index (χ1v) is 4.97. The third-order valence-corrected chi connectivity index (χ3v) is 2.30. The van der Waals surface area contributed by atoms with Gasteiger partial charge in [0, 0.05) is 18.0 Å². The van der Waals surface area contributed by atoms with Crippen molar-refractivity contribution < 1.29 is 9.31 Å². The molecule has 2 N–H and O–H groups in total. The molecule has 5 nitrogen and oxygen atoms in total. The highest BCUT2D eigenvalue weighted by Gasteiger charge is 2.10. The lowest BCUT2D eigenvalue weighted by Gasteiger charge is -2.05. The van der Waals surface area contributed by atoms with E-state index in [1.165, 1.54) is 12.1 Å². The van der Waals surface area contributed by atoms with Gasteiger partial charge in [-0.25, -0.2) is 4.39 Å². The van der Waals surface area contributed by atoms with Crippen LogP contribution in [0.5, 0.6) is 0 Å². The monoisotopic (exact) mass is 235 g/mol. The Bertz CT molecular complexity index is 526. The van der Waals surface area contributed by atoms with Gasteiger partial charge in [-0.15, -0.1) is 0 Å². The van der Waals surface area contributed by atoms with E-state index in [1.54, 1.807) is 6.20 Å². The third kappa shape index (κ3) is 2.60. The highest BCUT2D eigenvalue weighted by molar-refractivity contribution is 5.50. The van der Waals surface area contributed by atoms with Crippen LogP contribution in [-0.2, 0) is 6.54 Å². The van der Waals surface area contributed by atoms with Crippen LogP contribution < -0.4 is 5.32 Å². The molecule has 0 fully saturated rings. The molecule has 6 heteroatoms. The van der Waals surface area contributed by atoms with Crippen LogP contribution in [0.4, 0.5) is 15.8 Å². The largest absolute Gasteiger partial charge is 0.377 e. The number of benzene rings is 1. The smallest absolute Gasteiger partial charge is 0.272 e. The third-order valence-electron chi connectivity index (χ3n) is 2.30. The fourth-order valence-corrected chi connectivity index (χ4v) is 1.43. The summed E-state index contributed by atoms with van der Waals surface area (Å²) in [5.74, 6) is -0.634. The van der Waals surface area contributed by atoms with Gasteiger partial charge in [0.2, 0.25) is 0 Å². The van der Waals surface area contributed by atoms with E-state index in [0.29, 0.717) is 6.54 Å². The van der Waals surface area contributed by atoms with Crippen molar-refractivity contribution in [1.82, 2.24) is 4.98 Å². The molecule has 17 heavy (non-hydrogen) atoms. The number of nitro groups is 1. The fraction of sp³-hybridized carbons (Fsp3) is 0.0909. The van der Waals surface area contributed by atoms with E-state index in [0.717, 1.165) is 11.8 Å². The average molecular weight is 235 g/mol. The second-order valence-corrected chi connectivity index (χ2v) is 3.47. The van der Waals surface area contributed by atoms with Gasteiger partial charge in [0.05, 0.1) is 23.2 Å². The number of non-ortho nitro benzene ring substituents is 1. The van der Waals surface area contributed by atoms with Crippen molar-refractivity contribution in [3.63, 3.8) is 0 Å². The van der Waals surface area contributed by atoms with E-state index < -0.39 is 10.7 Å². The molecule has 0 saturated heterocycles. The van der Waals surface area contributed by atoms with Crippen LogP contribution in [0.1, 0.15) is 5.69 Å². The van der Waals surface area contributed by atoms with Gasteiger partial charge in [-0.1, -0.05) is 0 Å². The van der Waals surface area contributed by atoms with Gasteiger partial charge in [0.25, 0.3) is 5.69 Å². The molecule has 1 heterocycles. The Labute approximate surface area is 96.4 Å². The molecule has 0 atom stereocenters. The normalized spacial score (nSPS) is 10.2. The Kier molecular flexibility index (Phi) is 3.04. The summed E-state index contributed by atoms with van der Waals surface area (Å²) in [5.41, 5.74) is 0.890. The maximum atomic E-state index is 13.5. The molecule has 0 radical (unpaired) electrons. The molecule has 1 aromatic carbocycles. The Balaban J connectivity index is 2.09. The maximum Gasteiger partial charge on any atom is 0.272 e. The lowest BCUT2D eigenvalue weighted by molar-refractivity contribution is -0.385. The molecule has 2 aromatic rings. The summed E-state index contributed by atoms with van der Waals surface area (Å²) in [6.45, 7) is 0.432. The zero-order chi connectivity index (χ0) is 12.3. The van der Waals surface area contributed by atoms with Gasteiger partial charge in [0.1, 0.15) is 0 Å². The number of rotatable bonds is 4. The SMILES string of the molecule is O=[N+]([O-])c1ccc(NCc2ccc[nH]2)c(F)c1. The molecule has 0 aliphatic rings. The van der Waals surface area contributed by atoms with Crippen molar-refractivity contribution in [3.05, 3.63) is 58.2 Å². The van der Waals surface area contributed by atoms with Crippen LogP contribution in [0.2, 0.25) is 0 Å². The highest BCUT2D eigenvalue weighted by atomic mass is 19.1. The van der Waals surface area contributed by atoms with E-state index in [4.69, 9.17) is 0 Å². The van der Waals surface area contributed by atoms with E-state index >= 15 is 0 Å². The van der Waals surface area contributed by atoms with Crippen LogP contribution in [0.15, 0.2) is 36.5 Å². The lowest BCUT2D eigenvalue weighted by Crippen LogP contribution is -2.02. The highest BCUT2D eigenvalue weighted by Crippen LogP contribution is 2.20. The molecule has 1 aromatic heterocycles. The molecule has 0 unspecified atom stereocenters. The Hall–Kier alpha value is -2.37. The standard InChI is InChI=1S/C11H10FN3O2/c12-10-6-9(15(16)17)3-4-11(10)14-7-8-2-1-5-13-8/h1-6,13-14H,7H2. The first-order valence-electron chi connectivity index (χ1n) is 4.97. The fourth-order valence-electron chi connectivity index (χ4n) is 1.43. The van der Waals surface area contributed by atoms with Gasteiger partial charge in [-0.05, 0) is 18.2 Å². The summed E-state index contributed by atoms with van der Waals surface area (Å²) < 4.78 is 13.5. The van der Waals surface area contributed by atoms with Crippen molar-refractivity contribution in [2.24, 2.45) is 0 Å². The molecule has 0 aliphatic carbocycles. The van der Waals surface area contributed by atoms with Crippen molar-refractivity contribution in [1.29, 1.82) is 0 Å². The van der Waals surface area contributed by atoms with E-state index in [-0.39, 0.29) is 11.4 Å². The van der Waals surface area contributed by atoms with Gasteiger partial charge < -0.3 is 10.3 Å². The molecule has 0 saturated carbocycles. The van der Waals surface area contributed by atoms with Crippen LogP contribution in [0, 0.1) is 15.9 Å². The predicted molar refractivity (Wildman–Crippen MR) is 61.2 cm³/mol. The lowest BCUT2D eigenvalue weighted by atomic mass is 10.2. The molecule has 2 rings (SSSR count). The van der Waals surface area contributed by atoms with Gasteiger partial charge >= 0.3 is 0 Å². The summed E-state index contributed by atoms with van der Waals surface area (Å²) in [4.78, 5) is 12.8. The molecule has 0 aliphatic heterocycles. The average Bonchev–Trinajstić information content (AvgIpc) is 2.80. The topological polar surface area (TPSA) is 71.0 Å². The number of nitrogens with one attached hydrogen (secondary N) is 2. The number of anilines is 1. The Morgan fingerprint density at radius 3 is 2.82 bits per heavy atom. The minimum absolute atomic E-state index is 0.241. The Morgan fingerprint density at radius 2 is 2.24 bits per heavy atom. The van der Waals surface area contributed by atoms with Gasteiger partial charge in [-0.2, -0.15) is 0 Å². The van der Waals surface area contributed by atoms with Crippen LogP contribution in [0.3, 0.4) is 0 Å². The second kappa shape index (κ2) is 4.65. The van der Waals surface area contributed by atoms with Gasteiger partial charge in [-0.3, -0.25) is 10.1 Å². The molecule has 0 spiro atoms. The number of nitro benzene ring substituents is 1. The van der Waals surface area contributed by atoms with Crippen molar-refractivity contribution in [2.75, 3.05) is 5.32 Å². The number of aromatic amines is 1. The summed E-state index contributed by atoms with van der Waals surface area (Å²) in [5, 5.41) is 13.3. The number of H-pyrrole nitrogens is 1. The molecule has 88 valence electrons.